The molecule has 0 amide bonds. The van der Waals surface area contributed by atoms with Crippen molar-refractivity contribution in [2.45, 2.75) is 6.42 Å². The van der Waals surface area contributed by atoms with E-state index in [4.69, 9.17) is 0 Å². The van der Waals surface area contributed by atoms with Crippen LogP contribution in [-0.2, 0) is 0 Å². The van der Waals surface area contributed by atoms with Gasteiger partial charge in [-0.05, 0) is 95.9 Å². The van der Waals surface area contributed by atoms with E-state index in [0.717, 1.165) is 6.42 Å². The van der Waals surface area contributed by atoms with E-state index >= 15 is 0 Å². The van der Waals surface area contributed by atoms with Crippen molar-refractivity contribution in [2.24, 2.45) is 5.92 Å². The molecular formula is C38H26. The summed E-state index contributed by atoms with van der Waals surface area (Å²) in [6.07, 6.45) is 10.4. The van der Waals surface area contributed by atoms with Crippen molar-refractivity contribution in [1.82, 2.24) is 0 Å². The zero-order chi connectivity index (χ0) is 25.1. The van der Waals surface area contributed by atoms with Gasteiger partial charge in [0.1, 0.15) is 0 Å². The van der Waals surface area contributed by atoms with Crippen LogP contribution in [0, 0.1) is 5.92 Å². The van der Waals surface area contributed by atoms with Crippen molar-refractivity contribution in [3.63, 3.8) is 0 Å². The minimum atomic E-state index is 0.445. The maximum Gasteiger partial charge on any atom is 0.00680 e. The Bertz CT molecular complexity index is 2000. The number of hydrogen-bond acceptors (Lipinski definition) is 0. The molecule has 0 spiro atoms. The molecule has 1 atom stereocenters. The second kappa shape index (κ2) is 8.43. The molecule has 0 heterocycles. The first-order chi connectivity index (χ1) is 18.8. The quantitative estimate of drug-likeness (QED) is 0.215. The summed E-state index contributed by atoms with van der Waals surface area (Å²) in [5.74, 6) is 0.445. The molecule has 0 saturated heterocycles. The van der Waals surface area contributed by atoms with Gasteiger partial charge in [-0.25, -0.2) is 0 Å². The summed E-state index contributed by atoms with van der Waals surface area (Å²) in [6, 6.07) is 42.5. The highest BCUT2D eigenvalue weighted by Gasteiger charge is 2.23. The van der Waals surface area contributed by atoms with Gasteiger partial charge in [-0.3, -0.25) is 0 Å². The van der Waals surface area contributed by atoms with Gasteiger partial charge in [-0.1, -0.05) is 121 Å². The Morgan fingerprint density at radius 2 is 1.18 bits per heavy atom. The van der Waals surface area contributed by atoms with Gasteiger partial charge in [-0.15, -0.1) is 0 Å². The van der Waals surface area contributed by atoms with Crippen LogP contribution in [0.4, 0.5) is 0 Å². The molecule has 0 fully saturated rings. The molecule has 0 N–H and O–H groups in total. The second-order valence-corrected chi connectivity index (χ2v) is 10.6. The van der Waals surface area contributed by atoms with Crippen LogP contribution in [0.15, 0.2) is 133 Å². The maximum atomic E-state index is 2.38. The molecule has 2 aliphatic carbocycles. The molecule has 0 bridgehead atoms. The van der Waals surface area contributed by atoms with Crippen LogP contribution in [0.5, 0.6) is 0 Å². The molecule has 2 aliphatic rings. The fraction of sp³-hybridized carbons (Fsp3) is 0.0526. The van der Waals surface area contributed by atoms with Gasteiger partial charge in [0.05, 0.1) is 0 Å². The van der Waals surface area contributed by atoms with E-state index in [2.05, 4.69) is 140 Å². The SMILES string of the molecule is C1=CC2CC(c3ccc4ccc(-c5ccc6c(ccc7ccccc76)c5)cc4c3)=CC=C2c2ccccc21. The molecule has 0 saturated carbocycles. The number of rotatable bonds is 2. The van der Waals surface area contributed by atoms with Gasteiger partial charge in [0.15, 0.2) is 0 Å². The second-order valence-electron chi connectivity index (χ2n) is 10.6. The van der Waals surface area contributed by atoms with Gasteiger partial charge in [0.25, 0.3) is 0 Å². The topological polar surface area (TPSA) is 0 Å². The molecule has 8 rings (SSSR count). The maximum absolute atomic E-state index is 2.38. The first-order valence-corrected chi connectivity index (χ1v) is 13.4. The lowest BCUT2D eigenvalue weighted by molar-refractivity contribution is 0.857. The van der Waals surface area contributed by atoms with E-state index in [1.54, 1.807) is 0 Å². The fourth-order valence-electron chi connectivity index (χ4n) is 6.35. The molecular weight excluding hydrogens is 456 g/mol. The molecule has 38 heavy (non-hydrogen) atoms. The first-order valence-electron chi connectivity index (χ1n) is 13.4. The van der Waals surface area contributed by atoms with Gasteiger partial charge < -0.3 is 0 Å². The Hall–Kier alpha value is -4.68. The van der Waals surface area contributed by atoms with E-state index in [-0.39, 0.29) is 0 Å². The third-order valence-corrected chi connectivity index (χ3v) is 8.37. The minimum Gasteiger partial charge on any atom is -0.0760 e. The van der Waals surface area contributed by atoms with Crippen LogP contribution in [0.2, 0.25) is 0 Å². The van der Waals surface area contributed by atoms with Crippen LogP contribution >= 0.6 is 0 Å². The smallest absolute Gasteiger partial charge is 0.00680 e. The van der Waals surface area contributed by atoms with Crippen molar-refractivity contribution >= 4 is 49.5 Å². The van der Waals surface area contributed by atoms with Crippen LogP contribution in [0.1, 0.15) is 23.1 Å². The van der Waals surface area contributed by atoms with Crippen molar-refractivity contribution in [3.05, 3.63) is 150 Å². The van der Waals surface area contributed by atoms with Crippen molar-refractivity contribution in [1.29, 1.82) is 0 Å². The van der Waals surface area contributed by atoms with E-state index < -0.39 is 0 Å². The first kappa shape index (κ1) is 21.4. The zero-order valence-electron chi connectivity index (χ0n) is 21.1. The minimum absolute atomic E-state index is 0.445. The number of hydrogen-bond donors (Lipinski definition) is 0. The van der Waals surface area contributed by atoms with Gasteiger partial charge >= 0.3 is 0 Å². The Labute approximate surface area is 222 Å². The van der Waals surface area contributed by atoms with E-state index in [1.807, 2.05) is 0 Å². The monoisotopic (exact) mass is 482 g/mol. The summed E-state index contributed by atoms with van der Waals surface area (Å²) < 4.78 is 0. The number of allylic oxidation sites excluding steroid dienone is 5. The van der Waals surface area contributed by atoms with Gasteiger partial charge in [-0.2, -0.15) is 0 Å². The molecule has 0 aliphatic heterocycles. The lowest BCUT2D eigenvalue weighted by Crippen LogP contribution is -2.09. The van der Waals surface area contributed by atoms with E-state index in [9.17, 15) is 0 Å². The third kappa shape index (κ3) is 3.45. The summed E-state index contributed by atoms with van der Waals surface area (Å²) in [6.45, 7) is 0. The molecule has 1 unspecified atom stereocenters. The summed E-state index contributed by atoms with van der Waals surface area (Å²) in [5, 5.41) is 7.77. The van der Waals surface area contributed by atoms with E-state index in [0.29, 0.717) is 5.92 Å². The molecule has 6 aromatic rings. The van der Waals surface area contributed by atoms with Crippen molar-refractivity contribution < 1.29 is 0 Å². The number of fused-ring (bicyclic) bond motifs is 7. The third-order valence-electron chi connectivity index (χ3n) is 8.37. The van der Waals surface area contributed by atoms with Crippen LogP contribution < -0.4 is 0 Å². The lowest BCUT2D eigenvalue weighted by atomic mass is 9.77. The molecule has 0 nitrogen and oxygen atoms in total. The Balaban J connectivity index is 1.17. The predicted molar refractivity (Wildman–Crippen MR) is 164 cm³/mol. The highest BCUT2D eigenvalue weighted by molar-refractivity contribution is 6.08. The standard InChI is InChI=1S/C38H26/c1-3-7-35-26(5-1)11-15-32-21-30(17-19-37(32)35)28-13-9-25-10-14-29(24-34(25)23-28)31-18-20-38-33(22-31)16-12-27-6-2-4-8-36(27)38/h1-21,23-24,33H,22H2. The lowest BCUT2D eigenvalue weighted by Gasteiger charge is -2.27. The van der Waals surface area contributed by atoms with Crippen LogP contribution in [0.3, 0.4) is 0 Å². The van der Waals surface area contributed by atoms with Crippen molar-refractivity contribution in [2.75, 3.05) is 0 Å². The highest BCUT2D eigenvalue weighted by Crippen LogP contribution is 2.42. The van der Waals surface area contributed by atoms with Gasteiger partial charge in [0, 0.05) is 5.92 Å². The van der Waals surface area contributed by atoms with Crippen LogP contribution in [0.25, 0.3) is 60.7 Å². The summed E-state index contributed by atoms with van der Waals surface area (Å²) >= 11 is 0. The summed E-state index contributed by atoms with van der Waals surface area (Å²) in [5.41, 5.74) is 9.40. The van der Waals surface area contributed by atoms with Gasteiger partial charge in [0.2, 0.25) is 0 Å². The molecule has 0 radical (unpaired) electrons. The molecule has 0 aromatic heterocycles. The van der Waals surface area contributed by atoms with Crippen LogP contribution in [-0.4, -0.2) is 0 Å². The largest absolute Gasteiger partial charge is 0.0760 e. The predicted octanol–water partition coefficient (Wildman–Crippen LogP) is 10.3. The highest BCUT2D eigenvalue weighted by atomic mass is 14.3. The average molecular weight is 483 g/mol. The molecule has 0 heteroatoms. The van der Waals surface area contributed by atoms with E-state index in [1.165, 1.54) is 71.3 Å². The molecule has 178 valence electrons. The molecule has 6 aromatic carbocycles. The van der Waals surface area contributed by atoms with Crippen molar-refractivity contribution in [3.8, 4) is 11.1 Å². The fourth-order valence-corrected chi connectivity index (χ4v) is 6.35. The zero-order valence-corrected chi connectivity index (χ0v) is 21.1. The normalized spacial score (nSPS) is 16.3. The number of benzene rings is 6. The summed E-state index contributed by atoms with van der Waals surface area (Å²) in [4.78, 5) is 0. The average Bonchev–Trinajstić information content (AvgIpc) is 2.99. The summed E-state index contributed by atoms with van der Waals surface area (Å²) in [7, 11) is 0. The Kier molecular flexibility index (Phi) is 4.75. The Morgan fingerprint density at radius 3 is 2.13 bits per heavy atom. The Morgan fingerprint density at radius 1 is 0.500 bits per heavy atom.